The first-order chi connectivity index (χ1) is 13.5. The van der Waals surface area contributed by atoms with Gasteiger partial charge in [0.15, 0.2) is 5.78 Å². The number of hydrogen-bond donors (Lipinski definition) is 1. The molecule has 28 heavy (non-hydrogen) atoms. The topological polar surface area (TPSA) is 38.3 Å². The summed E-state index contributed by atoms with van der Waals surface area (Å²) in [6.07, 6.45) is 0.322. The van der Waals surface area contributed by atoms with E-state index in [4.69, 9.17) is 16.3 Å². The van der Waals surface area contributed by atoms with E-state index in [-0.39, 0.29) is 11.8 Å². The number of anilines is 1. The Hall–Kier alpha value is -2.30. The van der Waals surface area contributed by atoms with Crippen molar-refractivity contribution in [1.82, 2.24) is 0 Å². The zero-order chi connectivity index (χ0) is 19.9. The van der Waals surface area contributed by atoms with Crippen LogP contribution >= 0.6 is 27.5 Å². The van der Waals surface area contributed by atoms with Gasteiger partial charge in [0, 0.05) is 27.2 Å². The zero-order valence-electron chi connectivity index (χ0n) is 15.5. The average Bonchev–Trinajstić information content (AvgIpc) is 2.69. The molecule has 3 rings (SSSR count). The van der Waals surface area contributed by atoms with Crippen LogP contribution < -0.4 is 10.1 Å². The molecule has 3 nitrogen and oxygen atoms in total. The number of Topliss-reactive ketones (excluding diaryl/α,β-unsaturated/α-hetero) is 1. The molecular weight excluding hydrogens is 438 g/mol. The summed E-state index contributed by atoms with van der Waals surface area (Å²) in [5, 5.41) is 4.09. The van der Waals surface area contributed by atoms with Crippen molar-refractivity contribution in [3.05, 3.63) is 93.4 Å². The molecule has 0 radical (unpaired) electrons. The smallest absolute Gasteiger partial charge is 0.165 e. The predicted molar refractivity (Wildman–Crippen MR) is 119 cm³/mol. The van der Waals surface area contributed by atoms with Crippen molar-refractivity contribution in [2.45, 2.75) is 19.4 Å². The van der Waals surface area contributed by atoms with Gasteiger partial charge in [0.05, 0.1) is 12.6 Å². The fraction of sp³-hybridized carbons (Fsp3) is 0.174. The fourth-order valence-corrected chi connectivity index (χ4v) is 3.39. The highest BCUT2D eigenvalue weighted by atomic mass is 79.9. The lowest BCUT2D eigenvalue weighted by Crippen LogP contribution is -2.16. The zero-order valence-corrected chi connectivity index (χ0v) is 17.8. The first kappa shape index (κ1) is 20.4. The van der Waals surface area contributed by atoms with Gasteiger partial charge in [-0.15, -0.1) is 0 Å². The molecule has 1 N–H and O–H groups in total. The Labute approximate surface area is 178 Å². The molecule has 0 bridgehead atoms. The summed E-state index contributed by atoms with van der Waals surface area (Å²) in [5.74, 6) is 0.882. The molecule has 144 valence electrons. The molecule has 5 heteroatoms. The van der Waals surface area contributed by atoms with Gasteiger partial charge < -0.3 is 10.1 Å². The largest absolute Gasteiger partial charge is 0.494 e. The van der Waals surface area contributed by atoms with E-state index in [0.717, 1.165) is 21.5 Å². The Morgan fingerprint density at radius 1 is 1.07 bits per heavy atom. The molecule has 3 aromatic carbocycles. The predicted octanol–water partition coefficient (Wildman–Crippen LogP) is 6.93. The van der Waals surface area contributed by atoms with E-state index in [1.165, 1.54) is 0 Å². The van der Waals surface area contributed by atoms with Crippen molar-refractivity contribution >= 4 is 39.0 Å². The molecule has 0 fully saturated rings. The maximum Gasteiger partial charge on any atom is 0.165 e. The summed E-state index contributed by atoms with van der Waals surface area (Å²) in [4.78, 5) is 12.9. The Kier molecular flexibility index (Phi) is 7.12. The van der Waals surface area contributed by atoms with Crippen LogP contribution in [0.4, 0.5) is 5.69 Å². The summed E-state index contributed by atoms with van der Waals surface area (Å²) in [6.45, 7) is 2.57. The summed E-state index contributed by atoms with van der Waals surface area (Å²) < 4.78 is 6.48. The number of ether oxygens (including phenoxy) is 1. The van der Waals surface area contributed by atoms with Crippen LogP contribution in [0.15, 0.2) is 77.3 Å². The minimum absolute atomic E-state index is 0.0703. The fourth-order valence-electron chi connectivity index (χ4n) is 2.93. The lowest BCUT2D eigenvalue weighted by atomic mass is 9.97. The van der Waals surface area contributed by atoms with Crippen molar-refractivity contribution in [2.24, 2.45) is 0 Å². The molecular formula is C23H21BrClNO2. The Morgan fingerprint density at radius 3 is 2.43 bits per heavy atom. The van der Waals surface area contributed by atoms with Gasteiger partial charge in [-0.2, -0.15) is 0 Å². The molecule has 0 spiro atoms. The number of halogens is 2. The van der Waals surface area contributed by atoms with E-state index in [2.05, 4.69) is 21.2 Å². The van der Waals surface area contributed by atoms with Crippen molar-refractivity contribution in [2.75, 3.05) is 11.9 Å². The van der Waals surface area contributed by atoms with E-state index in [1.54, 1.807) is 0 Å². The van der Waals surface area contributed by atoms with Gasteiger partial charge in [0.25, 0.3) is 0 Å². The molecule has 1 unspecified atom stereocenters. The van der Waals surface area contributed by atoms with Gasteiger partial charge in [-0.3, -0.25) is 4.79 Å². The van der Waals surface area contributed by atoms with Crippen LogP contribution in [-0.2, 0) is 0 Å². The number of carbonyl (C=O) groups is 1. The highest BCUT2D eigenvalue weighted by molar-refractivity contribution is 9.10. The first-order valence-corrected chi connectivity index (χ1v) is 10.3. The van der Waals surface area contributed by atoms with E-state index in [0.29, 0.717) is 23.6 Å². The van der Waals surface area contributed by atoms with Crippen LogP contribution in [0.5, 0.6) is 5.75 Å². The number of nitrogens with one attached hydrogen (secondary N) is 1. The van der Waals surface area contributed by atoms with Crippen LogP contribution in [0.2, 0.25) is 5.02 Å². The Bertz CT molecular complexity index is 926. The van der Waals surface area contributed by atoms with Gasteiger partial charge in [0.2, 0.25) is 0 Å². The minimum Gasteiger partial charge on any atom is -0.494 e. The number of benzene rings is 3. The second-order valence-electron chi connectivity index (χ2n) is 6.34. The SMILES string of the molecule is CCOc1ccc(C(CC(=O)c2ccc(Br)cc2)Nc2cccc(Cl)c2)cc1. The summed E-state index contributed by atoms with van der Waals surface area (Å²) in [5.41, 5.74) is 2.57. The second-order valence-corrected chi connectivity index (χ2v) is 7.70. The molecule has 1 atom stereocenters. The molecule has 3 aromatic rings. The van der Waals surface area contributed by atoms with E-state index >= 15 is 0 Å². The van der Waals surface area contributed by atoms with Crippen LogP contribution in [0.25, 0.3) is 0 Å². The molecule has 0 saturated carbocycles. The highest BCUT2D eigenvalue weighted by Gasteiger charge is 2.18. The van der Waals surface area contributed by atoms with E-state index in [1.807, 2.05) is 79.7 Å². The normalized spacial score (nSPS) is 11.7. The Balaban J connectivity index is 1.84. The molecule has 0 saturated heterocycles. The third-order valence-electron chi connectivity index (χ3n) is 4.31. The number of carbonyl (C=O) groups excluding carboxylic acids is 1. The van der Waals surface area contributed by atoms with Crippen molar-refractivity contribution in [3.63, 3.8) is 0 Å². The van der Waals surface area contributed by atoms with Crippen molar-refractivity contribution < 1.29 is 9.53 Å². The van der Waals surface area contributed by atoms with Gasteiger partial charge >= 0.3 is 0 Å². The summed E-state index contributed by atoms with van der Waals surface area (Å²) >= 11 is 9.52. The first-order valence-electron chi connectivity index (χ1n) is 9.09. The maximum atomic E-state index is 12.9. The quantitative estimate of drug-likeness (QED) is 0.372. The molecule has 0 heterocycles. The van der Waals surface area contributed by atoms with Crippen molar-refractivity contribution in [1.29, 1.82) is 0 Å². The minimum atomic E-state index is -0.190. The van der Waals surface area contributed by atoms with Crippen LogP contribution in [0, 0.1) is 0 Å². The third-order valence-corrected chi connectivity index (χ3v) is 5.08. The number of rotatable bonds is 8. The average molecular weight is 459 g/mol. The van der Waals surface area contributed by atoms with Crippen LogP contribution in [0.3, 0.4) is 0 Å². The van der Waals surface area contributed by atoms with Crippen LogP contribution in [-0.4, -0.2) is 12.4 Å². The standard InChI is InChI=1S/C23H21BrClNO2/c1-2-28-21-12-8-16(9-13-21)22(26-20-5-3-4-19(25)14-20)15-23(27)17-6-10-18(24)11-7-17/h3-14,22,26H,2,15H2,1H3. The lowest BCUT2D eigenvalue weighted by molar-refractivity contribution is 0.0976. The van der Waals surface area contributed by atoms with Gasteiger partial charge in [-0.1, -0.05) is 57.9 Å². The molecule has 0 aliphatic rings. The van der Waals surface area contributed by atoms with Gasteiger partial charge in [-0.25, -0.2) is 0 Å². The molecule has 0 aliphatic carbocycles. The second kappa shape index (κ2) is 9.76. The van der Waals surface area contributed by atoms with E-state index < -0.39 is 0 Å². The maximum absolute atomic E-state index is 12.9. The monoisotopic (exact) mass is 457 g/mol. The number of ketones is 1. The Morgan fingerprint density at radius 2 is 1.79 bits per heavy atom. The van der Waals surface area contributed by atoms with Crippen molar-refractivity contribution in [3.8, 4) is 5.75 Å². The highest BCUT2D eigenvalue weighted by Crippen LogP contribution is 2.27. The van der Waals surface area contributed by atoms with Crippen LogP contribution in [0.1, 0.15) is 35.3 Å². The lowest BCUT2D eigenvalue weighted by Gasteiger charge is -2.20. The number of hydrogen-bond acceptors (Lipinski definition) is 3. The van der Waals surface area contributed by atoms with Gasteiger partial charge in [-0.05, 0) is 55.0 Å². The molecule has 0 amide bonds. The van der Waals surface area contributed by atoms with E-state index in [9.17, 15) is 4.79 Å². The van der Waals surface area contributed by atoms with Gasteiger partial charge in [0.1, 0.15) is 5.75 Å². The summed E-state index contributed by atoms with van der Waals surface area (Å²) in [7, 11) is 0. The third kappa shape index (κ3) is 5.60. The molecule has 0 aliphatic heterocycles. The summed E-state index contributed by atoms with van der Waals surface area (Å²) in [6, 6.07) is 22.6. The molecule has 0 aromatic heterocycles.